The Bertz CT molecular complexity index is 655. The summed E-state index contributed by atoms with van der Waals surface area (Å²) in [6, 6.07) is 0.425. The fourth-order valence-corrected chi connectivity index (χ4v) is 5.58. The highest BCUT2D eigenvalue weighted by atomic mass is 32.2. The molecule has 0 radical (unpaired) electrons. The van der Waals surface area contributed by atoms with Crippen LogP contribution < -0.4 is 16.0 Å². The molecule has 2 fully saturated rings. The van der Waals surface area contributed by atoms with Gasteiger partial charge >= 0.3 is 6.03 Å². The van der Waals surface area contributed by atoms with E-state index in [1.54, 1.807) is 0 Å². The highest BCUT2D eigenvalue weighted by Crippen LogP contribution is 2.33. The smallest absolute Gasteiger partial charge is 0.315 e. The molecular formula is C25H45N3O7S. The predicted molar refractivity (Wildman–Crippen MR) is 139 cm³/mol. The molecule has 0 aromatic heterocycles. The quantitative estimate of drug-likeness (QED) is 0.143. The lowest BCUT2D eigenvalue weighted by Gasteiger charge is -2.16. The van der Waals surface area contributed by atoms with E-state index in [0.29, 0.717) is 77.5 Å². The fraction of sp³-hybridized carbons (Fsp3) is 0.880. The summed E-state index contributed by atoms with van der Waals surface area (Å²) >= 11 is 1.90. The molecule has 2 saturated heterocycles. The number of ketones is 1. The number of hydrogen-bond acceptors (Lipinski definition) is 8. The average Bonchev–Trinajstić information content (AvgIpc) is 3.42. The number of Topliss-reactive ketones (excluding diaryl/α,β-unsaturated/α-hetero) is 1. The minimum Gasteiger partial charge on any atom is -0.379 e. The lowest BCUT2D eigenvalue weighted by Crippen LogP contribution is -2.36. The first-order valence-electron chi connectivity index (χ1n) is 13.3. The normalized spacial score (nSPS) is 21.6. The number of unbranched alkanes of at least 4 members (excludes halogenated alkanes) is 1. The molecule has 2 heterocycles. The van der Waals surface area contributed by atoms with E-state index >= 15 is 0 Å². The van der Waals surface area contributed by atoms with Crippen LogP contribution in [0.15, 0.2) is 0 Å². The standard InChI is InChI=1S/C25H45N3O7S/c1-3-19(2)21(29)8-10-32-12-14-34-16-17-35-15-13-33-11-9-26-23(30)7-5-4-6-22-24-20(18-36-22)27-25(31)28-24/h19-20,22,24H,3-18H2,1-2H3,(H,26,30)(H2,27,28,31). The maximum absolute atomic E-state index is 12.0. The second-order valence-electron chi connectivity index (χ2n) is 9.19. The minimum absolute atomic E-state index is 0.0471. The molecule has 0 aliphatic carbocycles. The number of carbonyl (C=O) groups is 3. The molecular weight excluding hydrogens is 486 g/mol. The van der Waals surface area contributed by atoms with Crippen molar-refractivity contribution < 1.29 is 33.3 Å². The molecule has 10 nitrogen and oxygen atoms in total. The number of urea groups is 1. The molecule has 4 atom stereocenters. The summed E-state index contributed by atoms with van der Waals surface area (Å²) in [5, 5.41) is 9.27. The van der Waals surface area contributed by atoms with Crippen LogP contribution >= 0.6 is 11.8 Å². The zero-order valence-electron chi connectivity index (χ0n) is 21.9. The van der Waals surface area contributed by atoms with Crippen molar-refractivity contribution in [3.63, 3.8) is 0 Å². The first kappa shape index (κ1) is 30.8. The Morgan fingerprint density at radius 2 is 1.58 bits per heavy atom. The molecule has 2 aliphatic rings. The zero-order valence-corrected chi connectivity index (χ0v) is 22.7. The monoisotopic (exact) mass is 531 g/mol. The first-order chi connectivity index (χ1) is 17.5. The highest BCUT2D eigenvalue weighted by molar-refractivity contribution is 8.00. The van der Waals surface area contributed by atoms with Crippen LogP contribution in [0.1, 0.15) is 52.4 Å². The molecule has 2 rings (SSSR count). The fourth-order valence-electron chi connectivity index (χ4n) is 4.03. The van der Waals surface area contributed by atoms with E-state index in [-0.39, 0.29) is 35.7 Å². The van der Waals surface area contributed by atoms with Crippen molar-refractivity contribution in [3.05, 3.63) is 0 Å². The molecule has 0 saturated carbocycles. The maximum Gasteiger partial charge on any atom is 0.315 e. The van der Waals surface area contributed by atoms with Crippen LogP contribution in [0.4, 0.5) is 4.79 Å². The number of rotatable bonds is 22. The second-order valence-corrected chi connectivity index (χ2v) is 10.5. The molecule has 0 aromatic rings. The van der Waals surface area contributed by atoms with E-state index in [9.17, 15) is 14.4 Å². The van der Waals surface area contributed by atoms with E-state index in [2.05, 4.69) is 16.0 Å². The van der Waals surface area contributed by atoms with E-state index in [1.807, 2.05) is 25.6 Å². The van der Waals surface area contributed by atoms with E-state index < -0.39 is 0 Å². The Kier molecular flexibility index (Phi) is 16.1. The predicted octanol–water partition coefficient (Wildman–Crippen LogP) is 1.90. The Balaban J connectivity index is 1.27. The molecule has 11 heteroatoms. The Morgan fingerprint density at radius 1 is 0.944 bits per heavy atom. The molecule has 3 amide bonds. The van der Waals surface area contributed by atoms with Crippen LogP contribution in [0, 0.1) is 5.92 Å². The molecule has 4 unspecified atom stereocenters. The molecule has 0 aromatic carbocycles. The SMILES string of the molecule is CCC(C)C(=O)CCOCCOCCOCCOCCNC(=O)CCCCC1SCC2NC(=O)NC21. The number of ether oxygens (including phenoxy) is 4. The molecule has 208 valence electrons. The van der Waals surface area contributed by atoms with Gasteiger partial charge in [-0.1, -0.05) is 20.3 Å². The van der Waals surface area contributed by atoms with Crippen LogP contribution in [0.2, 0.25) is 0 Å². The molecule has 3 N–H and O–H groups in total. The minimum atomic E-state index is -0.0574. The van der Waals surface area contributed by atoms with E-state index in [0.717, 1.165) is 31.4 Å². The van der Waals surface area contributed by atoms with Crippen molar-refractivity contribution in [3.8, 4) is 0 Å². The van der Waals surface area contributed by atoms with Crippen molar-refractivity contribution in [1.82, 2.24) is 16.0 Å². The van der Waals surface area contributed by atoms with Crippen molar-refractivity contribution in [2.75, 3.05) is 65.2 Å². The van der Waals surface area contributed by atoms with Gasteiger partial charge in [-0.2, -0.15) is 11.8 Å². The van der Waals surface area contributed by atoms with Crippen molar-refractivity contribution in [2.45, 2.75) is 69.7 Å². The number of fused-ring (bicyclic) bond motifs is 1. The van der Waals surface area contributed by atoms with Gasteiger partial charge in [0, 0.05) is 36.3 Å². The van der Waals surface area contributed by atoms with E-state index in [4.69, 9.17) is 18.9 Å². The second kappa shape index (κ2) is 18.8. The van der Waals surface area contributed by atoms with E-state index in [1.165, 1.54) is 0 Å². The lowest BCUT2D eigenvalue weighted by molar-refractivity contribution is -0.123. The van der Waals surface area contributed by atoms with Crippen LogP contribution in [-0.2, 0) is 28.5 Å². The number of hydrogen-bond donors (Lipinski definition) is 3. The Morgan fingerprint density at radius 3 is 2.25 bits per heavy atom. The zero-order chi connectivity index (χ0) is 26.0. The third-order valence-corrected chi connectivity index (χ3v) is 7.93. The van der Waals surface area contributed by atoms with Gasteiger partial charge < -0.3 is 34.9 Å². The summed E-state index contributed by atoms with van der Waals surface area (Å²) in [6.07, 6.45) is 4.69. The van der Waals surface area contributed by atoms with Crippen LogP contribution in [0.3, 0.4) is 0 Å². The summed E-state index contributed by atoms with van der Waals surface area (Å²) in [6.45, 7) is 8.21. The summed E-state index contributed by atoms with van der Waals surface area (Å²) in [5.74, 6) is 1.37. The van der Waals surface area contributed by atoms with Gasteiger partial charge in [-0.15, -0.1) is 0 Å². The van der Waals surface area contributed by atoms with Crippen LogP contribution in [0.5, 0.6) is 0 Å². The van der Waals surface area contributed by atoms with Gasteiger partial charge in [0.1, 0.15) is 5.78 Å². The number of carbonyl (C=O) groups excluding carboxylic acids is 3. The first-order valence-corrected chi connectivity index (χ1v) is 14.3. The molecule has 2 aliphatic heterocycles. The number of thioether (sulfide) groups is 1. The third kappa shape index (κ3) is 12.7. The molecule has 0 spiro atoms. The molecule has 0 bridgehead atoms. The van der Waals surface area contributed by atoms with Crippen molar-refractivity contribution in [2.24, 2.45) is 5.92 Å². The van der Waals surface area contributed by atoms with Crippen LogP contribution in [-0.4, -0.2) is 100 Å². The number of amides is 3. The number of nitrogens with one attached hydrogen (secondary N) is 3. The van der Waals surface area contributed by atoms with Gasteiger partial charge in [0.25, 0.3) is 0 Å². The topological polar surface area (TPSA) is 124 Å². The van der Waals surface area contributed by atoms with Gasteiger partial charge in [0.15, 0.2) is 0 Å². The average molecular weight is 532 g/mol. The Labute approximate surface area is 219 Å². The van der Waals surface area contributed by atoms with Gasteiger partial charge in [-0.3, -0.25) is 9.59 Å². The largest absolute Gasteiger partial charge is 0.379 e. The van der Waals surface area contributed by atoms with Gasteiger partial charge in [-0.05, 0) is 19.3 Å². The third-order valence-electron chi connectivity index (χ3n) is 6.42. The van der Waals surface area contributed by atoms with Gasteiger partial charge in [-0.25, -0.2) is 4.79 Å². The summed E-state index contributed by atoms with van der Waals surface area (Å²) < 4.78 is 21.8. The summed E-state index contributed by atoms with van der Waals surface area (Å²) in [7, 11) is 0. The summed E-state index contributed by atoms with van der Waals surface area (Å²) in [5.41, 5.74) is 0. The maximum atomic E-state index is 12.0. The highest BCUT2D eigenvalue weighted by Gasteiger charge is 2.42. The van der Waals surface area contributed by atoms with Crippen molar-refractivity contribution in [1.29, 1.82) is 0 Å². The summed E-state index contributed by atoms with van der Waals surface area (Å²) in [4.78, 5) is 35.0. The van der Waals surface area contributed by atoms with Gasteiger partial charge in [0.05, 0.1) is 64.9 Å². The lowest BCUT2D eigenvalue weighted by atomic mass is 10.0. The van der Waals surface area contributed by atoms with Gasteiger partial charge in [0.2, 0.25) is 5.91 Å². The van der Waals surface area contributed by atoms with Crippen molar-refractivity contribution >= 4 is 29.5 Å². The Hall–Kier alpha value is -1.40. The molecule has 36 heavy (non-hydrogen) atoms. The van der Waals surface area contributed by atoms with Crippen LogP contribution in [0.25, 0.3) is 0 Å².